The standard InChI is InChI=1S/C17H22N8O2/c26-16(11-24-12-19-21-22-24)18-8-15-10-25(14-6-7-23(15)9-14)17(27)20-13-4-2-1-3-5-13/h1-5,12,14-15H,6-11H2,(H,18,26)(H,20,27)/t14-,15+/m0/s1. The van der Waals surface area contributed by atoms with Crippen LogP contribution in [0.1, 0.15) is 6.42 Å². The van der Waals surface area contributed by atoms with Gasteiger partial charge in [0, 0.05) is 44.0 Å². The summed E-state index contributed by atoms with van der Waals surface area (Å²) >= 11 is 0. The molecule has 2 aromatic rings. The molecule has 0 spiro atoms. The lowest BCUT2D eigenvalue weighted by Gasteiger charge is -2.40. The summed E-state index contributed by atoms with van der Waals surface area (Å²) < 4.78 is 1.38. The van der Waals surface area contributed by atoms with Crippen molar-refractivity contribution in [1.29, 1.82) is 0 Å². The first kappa shape index (κ1) is 17.4. The topological polar surface area (TPSA) is 108 Å². The van der Waals surface area contributed by atoms with E-state index in [-0.39, 0.29) is 30.6 Å². The number of piperazine rings is 1. The Bertz CT molecular complexity index is 781. The number of benzene rings is 1. The van der Waals surface area contributed by atoms with Crippen molar-refractivity contribution in [3.05, 3.63) is 36.7 Å². The molecule has 0 aliphatic carbocycles. The zero-order valence-electron chi connectivity index (χ0n) is 14.9. The highest BCUT2D eigenvalue weighted by Crippen LogP contribution is 2.25. The number of carbonyl (C=O) groups excluding carboxylic acids is 2. The van der Waals surface area contributed by atoms with Gasteiger partial charge in [0.05, 0.1) is 0 Å². The quantitative estimate of drug-likeness (QED) is 0.753. The smallest absolute Gasteiger partial charge is 0.322 e. The second-order valence-corrected chi connectivity index (χ2v) is 6.85. The molecule has 2 saturated heterocycles. The lowest BCUT2D eigenvalue weighted by molar-refractivity contribution is -0.122. The minimum atomic E-state index is -0.149. The van der Waals surface area contributed by atoms with Gasteiger partial charge < -0.3 is 15.5 Å². The number of fused-ring (bicyclic) bond motifs is 2. The van der Waals surface area contributed by atoms with Crippen molar-refractivity contribution < 1.29 is 9.59 Å². The van der Waals surface area contributed by atoms with E-state index in [1.165, 1.54) is 11.0 Å². The number of nitrogens with zero attached hydrogens (tertiary/aromatic N) is 6. The number of hydrogen-bond donors (Lipinski definition) is 2. The van der Waals surface area contributed by atoms with Crippen molar-refractivity contribution in [2.75, 3.05) is 31.5 Å². The van der Waals surface area contributed by atoms with Crippen molar-refractivity contribution in [3.8, 4) is 0 Å². The molecule has 10 heteroatoms. The second-order valence-electron chi connectivity index (χ2n) is 6.85. The molecule has 4 rings (SSSR count). The first-order valence-corrected chi connectivity index (χ1v) is 9.03. The van der Waals surface area contributed by atoms with Gasteiger partial charge in [0.25, 0.3) is 0 Å². The third kappa shape index (κ3) is 4.05. The van der Waals surface area contributed by atoms with Crippen molar-refractivity contribution in [2.45, 2.75) is 25.0 Å². The number of para-hydroxylation sites is 1. The molecule has 2 aliphatic rings. The maximum Gasteiger partial charge on any atom is 0.322 e. The van der Waals surface area contributed by atoms with Gasteiger partial charge in [0.2, 0.25) is 5.91 Å². The van der Waals surface area contributed by atoms with E-state index < -0.39 is 0 Å². The van der Waals surface area contributed by atoms with Crippen LogP contribution in [0, 0.1) is 0 Å². The monoisotopic (exact) mass is 370 g/mol. The molecule has 0 saturated carbocycles. The number of urea groups is 1. The summed E-state index contributed by atoms with van der Waals surface area (Å²) in [6, 6.07) is 9.69. The highest BCUT2D eigenvalue weighted by Gasteiger charge is 2.40. The van der Waals surface area contributed by atoms with E-state index in [0.717, 1.165) is 25.2 Å². The summed E-state index contributed by atoms with van der Waals surface area (Å²) in [7, 11) is 0. The molecule has 0 radical (unpaired) electrons. The van der Waals surface area contributed by atoms with E-state index >= 15 is 0 Å². The highest BCUT2D eigenvalue weighted by molar-refractivity contribution is 5.89. The van der Waals surface area contributed by atoms with Gasteiger partial charge in [-0.05, 0) is 29.0 Å². The number of tetrazole rings is 1. The SMILES string of the molecule is O=C(Cn1cnnn1)NC[C@@H]1CN(C(=O)Nc2ccccc2)[C@H]2CCN1C2. The molecule has 2 N–H and O–H groups in total. The number of nitrogens with one attached hydrogen (secondary N) is 2. The molecular formula is C17H22N8O2. The van der Waals surface area contributed by atoms with Gasteiger partial charge >= 0.3 is 6.03 Å². The first-order valence-electron chi connectivity index (χ1n) is 9.03. The summed E-state index contributed by atoms with van der Waals surface area (Å²) in [4.78, 5) is 29.0. The molecule has 1 unspecified atom stereocenters. The minimum Gasteiger partial charge on any atom is -0.353 e. The van der Waals surface area contributed by atoms with Gasteiger partial charge in [0.15, 0.2) is 0 Å². The maximum atomic E-state index is 12.7. The van der Waals surface area contributed by atoms with Crippen LogP contribution in [0.4, 0.5) is 10.5 Å². The summed E-state index contributed by atoms with van der Waals surface area (Å²) in [6.45, 7) is 2.95. The summed E-state index contributed by atoms with van der Waals surface area (Å²) in [5.41, 5.74) is 0.786. The molecular weight excluding hydrogens is 348 g/mol. The van der Waals surface area contributed by atoms with Gasteiger partial charge in [-0.1, -0.05) is 18.2 Å². The Balaban J connectivity index is 1.33. The van der Waals surface area contributed by atoms with Crippen LogP contribution in [-0.4, -0.2) is 80.2 Å². The zero-order valence-corrected chi connectivity index (χ0v) is 14.9. The third-order valence-electron chi connectivity index (χ3n) is 5.08. The van der Waals surface area contributed by atoms with E-state index in [2.05, 4.69) is 31.1 Å². The van der Waals surface area contributed by atoms with Crippen LogP contribution in [0.5, 0.6) is 0 Å². The molecule has 1 aromatic carbocycles. The van der Waals surface area contributed by atoms with Gasteiger partial charge in [-0.15, -0.1) is 5.10 Å². The molecule has 3 heterocycles. The fourth-order valence-corrected chi connectivity index (χ4v) is 3.69. The Hall–Kier alpha value is -3.01. The van der Waals surface area contributed by atoms with Gasteiger partial charge in [-0.25, -0.2) is 9.48 Å². The van der Waals surface area contributed by atoms with Gasteiger partial charge in [-0.2, -0.15) is 0 Å². The van der Waals surface area contributed by atoms with E-state index in [0.29, 0.717) is 13.1 Å². The zero-order chi connectivity index (χ0) is 18.6. The van der Waals surface area contributed by atoms with Crippen LogP contribution in [0.25, 0.3) is 0 Å². The molecule has 2 fully saturated rings. The van der Waals surface area contributed by atoms with Crippen molar-refractivity contribution in [3.63, 3.8) is 0 Å². The van der Waals surface area contributed by atoms with Gasteiger partial charge in [0.1, 0.15) is 12.9 Å². The largest absolute Gasteiger partial charge is 0.353 e. The van der Waals surface area contributed by atoms with Crippen LogP contribution in [0.2, 0.25) is 0 Å². The summed E-state index contributed by atoms with van der Waals surface area (Å²) in [6.07, 6.45) is 2.36. The molecule has 3 atom stereocenters. The predicted octanol–water partition coefficient (Wildman–Crippen LogP) is -0.220. The third-order valence-corrected chi connectivity index (χ3v) is 5.08. The fraction of sp³-hybridized carbons (Fsp3) is 0.471. The normalized spacial score (nSPS) is 23.9. The highest BCUT2D eigenvalue weighted by atomic mass is 16.2. The van der Waals surface area contributed by atoms with Crippen LogP contribution in [-0.2, 0) is 11.3 Å². The van der Waals surface area contributed by atoms with E-state index in [1.807, 2.05) is 35.2 Å². The number of carbonyl (C=O) groups is 2. The Labute approximate surface area is 156 Å². The second kappa shape index (κ2) is 7.70. The van der Waals surface area contributed by atoms with Crippen molar-refractivity contribution >= 4 is 17.6 Å². The Morgan fingerprint density at radius 2 is 2.04 bits per heavy atom. The number of hydrogen-bond acceptors (Lipinski definition) is 6. The Kier molecular flexibility index (Phi) is 4.97. The van der Waals surface area contributed by atoms with Crippen molar-refractivity contribution in [1.82, 2.24) is 35.3 Å². The predicted molar refractivity (Wildman–Crippen MR) is 96.8 cm³/mol. The first-order chi connectivity index (χ1) is 13.2. The molecule has 27 heavy (non-hydrogen) atoms. The van der Waals surface area contributed by atoms with Crippen LogP contribution in [0.3, 0.4) is 0 Å². The van der Waals surface area contributed by atoms with Crippen LogP contribution >= 0.6 is 0 Å². The molecule has 142 valence electrons. The summed E-state index contributed by atoms with van der Waals surface area (Å²) in [5, 5.41) is 16.6. The van der Waals surface area contributed by atoms with E-state index in [9.17, 15) is 9.59 Å². The maximum absolute atomic E-state index is 12.7. The molecule has 10 nitrogen and oxygen atoms in total. The Morgan fingerprint density at radius 1 is 1.19 bits per heavy atom. The molecule has 1 aromatic heterocycles. The van der Waals surface area contributed by atoms with E-state index in [4.69, 9.17) is 0 Å². The molecule has 3 amide bonds. The van der Waals surface area contributed by atoms with Crippen LogP contribution in [0.15, 0.2) is 36.7 Å². The average Bonchev–Trinajstić information content (AvgIpc) is 3.33. The summed E-state index contributed by atoms with van der Waals surface area (Å²) in [5.74, 6) is -0.149. The average molecular weight is 370 g/mol. The van der Waals surface area contributed by atoms with Gasteiger partial charge in [-0.3, -0.25) is 9.69 Å². The lowest BCUT2D eigenvalue weighted by atomic mass is 10.1. The van der Waals surface area contributed by atoms with Crippen molar-refractivity contribution in [2.24, 2.45) is 0 Å². The lowest BCUT2D eigenvalue weighted by Crippen LogP contribution is -2.58. The molecule has 2 bridgehead atoms. The number of rotatable bonds is 5. The van der Waals surface area contributed by atoms with Crippen LogP contribution < -0.4 is 10.6 Å². The number of amides is 3. The number of anilines is 1. The Morgan fingerprint density at radius 3 is 2.81 bits per heavy atom. The molecule has 2 aliphatic heterocycles. The number of aromatic nitrogens is 4. The van der Waals surface area contributed by atoms with E-state index in [1.54, 1.807) is 0 Å². The fourth-order valence-electron chi connectivity index (χ4n) is 3.69. The minimum absolute atomic E-state index is 0.0839.